The normalized spacial score (nSPS) is 12.0. The molecule has 0 atom stereocenters. The molecule has 2 rings (SSSR count). The second-order valence-corrected chi connectivity index (χ2v) is 5.75. The summed E-state index contributed by atoms with van der Waals surface area (Å²) in [5.41, 5.74) is 3.00. The summed E-state index contributed by atoms with van der Waals surface area (Å²) in [7, 11) is -4.18. The fourth-order valence-corrected chi connectivity index (χ4v) is 2.96. The Hall–Kier alpha value is -1.39. The van der Waals surface area contributed by atoms with Crippen LogP contribution in [0.2, 0.25) is 0 Å². The molecule has 0 bridgehead atoms. The lowest BCUT2D eigenvalue weighted by molar-refractivity contribution is 0.484. The summed E-state index contributed by atoms with van der Waals surface area (Å²) in [6.07, 6.45) is 0. The first-order chi connectivity index (χ1) is 7.80. The van der Waals surface area contributed by atoms with Gasteiger partial charge in [0.2, 0.25) is 0 Å². The minimum absolute atomic E-state index is 0.0232. The Morgan fingerprint density at radius 1 is 1.00 bits per heavy atom. The summed E-state index contributed by atoms with van der Waals surface area (Å²) in [6.45, 7) is 5.77. The smallest absolute Gasteiger partial charge is 0.282 e. The van der Waals surface area contributed by atoms with Gasteiger partial charge in [0.15, 0.2) is 0 Å². The number of rotatable bonds is 1. The van der Waals surface area contributed by atoms with E-state index in [-0.39, 0.29) is 4.90 Å². The van der Waals surface area contributed by atoms with Crippen molar-refractivity contribution in [3.8, 4) is 0 Å². The van der Waals surface area contributed by atoms with Crippen molar-refractivity contribution in [3.05, 3.63) is 41.0 Å². The molecular formula is C13H14O3S. The number of fused-ring (bicyclic) bond motifs is 1. The molecule has 0 fully saturated rings. The number of hydrogen-bond acceptors (Lipinski definition) is 2. The van der Waals surface area contributed by atoms with Gasteiger partial charge in [-0.1, -0.05) is 23.8 Å². The highest BCUT2D eigenvalue weighted by Crippen LogP contribution is 2.29. The van der Waals surface area contributed by atoms with Crippen LogP contribution < -0.4 is 0 Å². The fourth-order valence-electron chi connectivity index (χ4n) is 2.28. The van der Waals surface area contributed by atoms with Gasteiger partial charge in [-0.05, 0) is 43.4 Å². The van der Waals surface area contributed by atoms with Crippen LogP contribution in [0.1, 0.15) is 16.7 Å². The van der Waals surface area contributed by atoms with Crippen molar-refractivity contribution in [2.45, 2.75) is 25.7 Å². The van der Waals surface area contributed by atoms with Crippen molar-refractivity contribution in [2.24, 2.45) is 0 Å². The standard InChI is InChI=1S/C13H14O3S/c1-8-6-10(3)13-9(2)4-5-12(11(13)7-8)17(14,15)16/h4-7H,1-3H3,(H,14,15,16). The molecule has 2 aromatic rings. The van der Waals surface area contributed by atoms with E-state index in [0.717, 1.165) is 22.1 Å². The van der Waals surface area contributed by atoms with Crippen molar-refractivity contribution < 1.29 is 13.0 Å². The summed E-state index contributed by atoms with van der Waals surface area (Å²) >= 11 is 0. The van der Waals surface area contributed by atoms with E-state index in [0.29, 0.717) is 5.39 Å². The van der Waals surface area contributed by atoms with Gasteiger partial charge in [-0.15, -0.1) is 0 Å². The fraction of sp³-hybridized carbons (Fsp3) is 0.231. The van der Waals surface area contributed by atoms with Crippen molar-refractivity contribution in [1.82, 2.24) is 0 Å². The zero-order valence-electron chi connectivity index (χ0n) is 9.98. The lowest BCUT2D eigenvalue weighted by atomic mass is 9.98. The Kier molecular flexibility index (Phi) is 2.72. The van der Waals surface area contributed by atoms with E-state index in [4.69, 9.17) is 0 Å². The SMILES string of the molecule is Cc1cc(C)c2c(C)ccc(S(=O)(=O)O)c2c1. The molecule has 17 heavy (non-hydrogen) atoms. The largest absolute Gasteiger partial charge is 0.295 e. The third-order valence-electron chi connectivity index (χ3n) is 2.90. The molecule has 0 aliphatic carbocycles. The summed E-state index contributed by atoms with van der Waals surface area (Å²) in [4.78, 5) is -0.0232. The summed E-state index contributed by atoms with van der Waals surface area (Å²) in [6, 6.07) is 6.96. The van der Waals surface area contributed by atoms with E-state index >= 15 is 0 Å². The molecule has 0 aliphatic rings. The van der Waals surface area contributed by atoms with E-state index in [1.165, 1.54) is 6.07 Å². The Balaban J connectivity index is 3.05. The molecule has 1 N–H and O–H groups in total. The van der Waals surface area contributed by atoms with E-state index in [9.17, 15) is 13.0 Å². The first kappa shape index (κ1) is 12.1. The van der Waals surface area contributed by atoms with Gasteiger partial charge < -0.3 is 0 Å². The van der Waals surface area contributed by atoms with Gasteiger partial charge in [-0.25, -0.2) is 0 Å². The first-order valence-electron chi connectivity index (χ1n) is 5.29. The molecule has 90 valence electrons. The third-order valence-corrected chi connectivity index (χ3v) is 3.81. The third kappa shape index (κ3) is 2.06. The van der Waals surface area contributed by atoms with Crippen LogP contribution in [0.5, 0.6) is 0 Å². The molecule has 0 aromatic heterocycles. The topological polar surface area (TPSA) is 54.4 Å². The predicted molar refractivity (Wildman–Crippen MR) is 68.0 cm³/mol. The molecule has 0 saturated carbocycles. The molecule has 0 saturated heterocycles. The van der Waals surface area contributed by atoms with E-state index in [1.54, 1.807) is 12.1 Å². The van der Waals surface area contributed by atoms with Crippen LogP contribution in [0.15, 0.2) is 29.2 Å². The highest BCUT2D eigenvalue weighted by molar-refractivity contribution is 7.86. The van der Waals surface area contributed by atoms with Gasteiger partial charge in [-0.3, -0.25) is 4.55 Å². The Morgan fingerprint density at radius 2 is 1.65 bits per heavy atom. The molecule has 0 aliphatic heterocycles. The molecular weight excluding hydrogens is 236 g/mol. The lowest BCUT2D eigenvalue weighted by Gasteiger charge is -2.10. The van der Waals surface area contributed by atoms with Crippen molar-refractivity contribution >= 4 is 20.9 Å². The zero-order valence-corrected chi connectivity index (χ0v) is 10.8. The molecule has 3 nitrogen and oxygen atoms in total. The summed E-state index contributed by atoms with van der Waals surface area (Å²) in [5.74, 6) is 0. The molecule has 0 heterocycles. The summed E-state index contributed by atoms with van der Waals surface area (Å²) in [5, 5.41) is 1.48. The van der Waals surface area contributed by atoms with Crippen molar-refractivity contribution in [1.29, 1.82) is 0 Å². The number of hydrogen-bond donors (Lipinski definition) is 1. The molecule has 0 unspecified atom stereocenters. The van der Waals surface area contributed by atoms with E-state index in [1.807, 2.05) is 26.8 Å². The van der Waals surface area contributed by atoms with Crippen LogP contribution in [-0.2, 0) is 10.1 Å². The monoisotopic (exact) mass is 250 g/mol. The van der Waals surface area contributed by atoms with Gasteiger partial charge in [0, 0.05) is 5.39 Å². The predicted octanol–water partition coefficient (Wildman–Crippen LogP) is 3.01. The highest BCUT2D eigenvalue weighted by atomic mass is 32.2. The molecule has 0 radical (unpaired) electrons. The number of benzene rings is 2. The highest BCUT2D eigenvalue weighted by Gasteiger charge is 2.16. The average Bonchev–Trinajstić information content (AvgIpc) is 2.14. The van der Waals surface area contributed by atoms with Crippen LogP contribution in [0.4, 0.5) is 0 Å². The van der Waals surface area contributed by atoms with Gasteiger partial charge in [0.1, 0.15) is 4.90 Å². The van der Waals surface area contributed by atoms with Crippen LogP contribution >= 0.6 is 0 Å². The Morgan fingerprint density at radius 3 is 2.24 bits per heavy atom. The van der Waals surface area contributed by atoms with E-state index < -0.39 is 10.1 Å². The maximum atomic E-state index is 11.3. The van der Waals surface area contributed by atoms with Crippen LogP contribution in [0, 0.1) is 20.8 Å². The van der Waals surface area contributed by atoms with Gasteiger partial charge >= 0.3 is 0 Å². The van der Waals surface area contributed by atoms with E-state index in [2.05, 4.69) is 0 Å². The maximum absolute atomic E-state index is 11.3. The lowest BCUT2D eigenvalue weighted by Crippen LogP contribution is -2.00. The van der Waals surface area contributed by atoms with Crippen LogP contribution in [0.3, 0.4) is 0 Å². The van der Waals surface area contributed by atoms with Crippen LogP contribution in [-0.4, -0.2) is 13.0 Å². The molecule has 0 amide bonds. The first-order valence-corrected chi connectivity index (χ1v) is 6.73. The van der Waals surface area contributed by atoms with Gasteiger partial charge in [0.25, 0.3) is 10.1 Å². The second kappa shape index (κ2) is 3.82. The quantitative estimate of drug-likeness (QED) is 0.791. The molecule has 2 aromatic carbocycles. The van der Waals surface area contributed by atoms with Crippen molar-refractivity contribution in [2.75, 3.05) is 0 Å². The minimum Gasteiger partial charge on any atom is -0.282 e. The second-order valence-electron chi connectivity index (χ2n) is 4.36. The molecule has 4 heteroatoms. The average molecular weight is 250 g/mol. The summed E-state index contributed by atoms with van der Waals surface area (Å²) < 4.78 is 31.9. The number of aryl methyl sites for hydroxylation is 3. The van der Waals surface area contributed by atoms with Gasteiger partial charge in [0.05, 0.1) is 0 Å². The zero-order chi connectivity index (χ0) is 12.8. The van der Waals surface area contributed by atoms with Crippen molar-refractivity contribution in [3.63, 3.8) is 0 Å². The minimum atomic E-state index is -4.18. The Labute approximate surface area is 101 Å². The van der Waals surface area contributed by atoms with Gasteiger partial charge in [-0.2, -0.15) is 8.42 Å². The van der Waals surface area contributed by atoms with Crippen LogP contribution in [0.25, 0.3) is 10.8 Å². The maximum Gasteiger partial charge on any atom is 0.295 e. The Bertz CT molecular complexity index is 700. The molecule has 0 spiro atoms.